The molecule has 0 heterocycles. The first-order valence-corrected chi connectivity index (χ1v) is 13.5. The molecule has 3 amide bonds. The molecule has 7 nitrogen and oxygen atoms in total. The molecular formula is C29H47N3O4. The molecule has 2 atom stereocenters. The van der Waals surface area contributed by atoms with Gasteiger partial charge in [0.2, 0.25) is 11.8 Å². The highest BCUT2D eigenvalue weighted by Crippen LogP contribution is 2.36. The summed E-state index contributed by atoms with van der Waals surface area (Å²) in [6, 6.07) is 4.34. The van der Waals surface area contributed by atoms with E-state index in [0.717, 1.165) is 55.2 Å². The van der Waals surface area contributed by atoms with Gasteiger partial charge in [0.25, 0.3) is 0 Å². The average Bonchev–Trinajstić information content (AvgIpc) is 2.73. The van der Waals surface area contributed by atoms with Gasteiger partial charge in [0, 0.05) is 12.6 Å². The van der Waals surface area contributed by atoms with Crippen molar-refractivity contribution >= 4 is 17.9 Å². The summed E-state index contributed by atoms with van der Waals surface area (Å²) >= 11 is 0. The molecule has 0 aliphatic heterocycles. The second kappa shape index (κ2) is 13.1. The molecule has 2 rings (SSSR count). The van der Waals surface area contributed by atoms with Crippen molar-refractivity contribution < 1.29 is 19.1 Å². The molecule has 7 heteroatoms. The van der Waals surface area contributed by atoms with Crippen LogP contribution in [0.2, 0.25) is 0 Å². The van der Waals surface area contributed by atoms with E-state index < -0.39 is 23.8 Å². The van der Waals surface area contributed by atoms with Crippen molar-refractivity contribution in [1.82, 2.24) is 15.5 Å². The van der Waals surface area contributed by atoms with Crippen LogP contribution < -0.4 is 10.6 Å². The van der Waals surface area contributed by atoms with E-state index in [0.29, 0.717) is 6.54 Å². The van der Waals surface area contributed by atoms with Gasteiger partial charge in [0.15, 0.2) is 0 Å². The van der Waals surface area contributed by atoms with Crippen molar-refractivity contribution in [1.29, 1.82) is 0 Å². The lowest BCUT2D eigenvalue weighted by atomic mass is 9.85. The Morgan fingerprint density at radius 1 is 1.08 bits per heavy atom. The van der Waals surface area contributed by atoms with Crippen molar-refractivity contribution in [3.63, 3.8) is 0 Å². The molecule has 0 aromatic heterocycles. The maximum Gasteiger partial charge on any atom is 0.408 e. The van der Waals surface area contributed by atoms with Crippen LogP contribution in [0, 0.1) is 19.8 Å². The number of unbranched alkanes of at least 4 members (excludes halogenated alkanes) is 2. The number of carbonyl (C=O) groups is 3. The molecule has 0 saturated heterocycles. The zero-order valence-corrected chi connectivity index (χ0v) is 23.6. The van der Waals surface area contributed by atoms with Crippen LogP contribution in [0.25, 0.3) is 0 Å². The minimum Gasteiger partial charge on any atom is -0.444 e. The predicted octanol–water partition coefficient (Wildman–Crippen LogP) is 5.58. The SMILES string of the molecule is CCCCCNC(=O)C(c1c(C)cccc1C)N(C(=O)C(NC(=O)OC(C)(C)C)C(C)C)C1CCC1. The van der Waals surface area contributed by atoms with Crippen LogP contribution in [0.1, 0.15) is 103 Å². The Labute approximate surface area is 217 Å². The zero-order chi connectivity index (χ0) is 27.0. The number of aryl methyl sites for hydroxylation is 2. The highest BCUT2D eigenvalue weighted by atomic mass is 16.6. The topological polar surface area (TPSA) is 87.7 Å². The lowest BCUT2D eigenvalue weighted by Gasteiger charge is -2.44. The van der Waals surface area contributed by atoms with Gasteiger partial charge >= 0.3 is 6.09 Å². The maximum atomic E-state index is 14.2. The van der Waals surface area contributed by atoms with Crippen molar-refractivity contribution in [3.8, 4) is 0 Å². The van der Waals surface area contributed by atoms with Crippen LogP contribution in [0.4, 0.5) is 4.79 Å². The van der Waals surface area contributed by atoms with Crippen LogP contribution in [-0.2, 0) is 14.3 Å². The van der Waals surface area contributed by atoms with E-state index >= 15 is 0 Å². The van der Waals surface area contributed by atoms with Crippen LogP contribution in [0.15, 0.2) is 18.2 Å². The van der Waals surface area contributed by atoms with Crippen molar-refractivity contribution in [2.75, 3.05) is 6.54 Å². The van der Waals surface area contributed by atoms with E-state index in [4.69, 9.17) is 4.74 Å². The predicted molar refractivity (Wildman–Crippen MR) is 144 cm³/mol. The smallest absolute Gasteiger partial charge is 0.408 e. The summed E-state index contributed by atoms with van der Waals surface area (Å²) in [4.78, 5) is 42.4. The molecule has 36 heavy (non-hydrogen) atoms. The molecular weight excluding hydrogens is 454 g/mol. The lowest BCUT2D eigenvalue weighted by molar-refractivity contribution is -0.148. The van der Waals surface area contributed by atoms with E-state index in [1.54, 1.807) is 25.7 Å². The molecule has 202 valence electrons. The van der Waals surface area contributed by atoms with Crippen molar-refractivity contribution in [2.24, 2.45) is 5.92 Å². The molecule has 0 radical (unpaired) electrons. The van der Waals surface area contributed by atoms with Gasteiger partial charge in [-0.3, -0.25) is 9.59 Å². The van der Waals surface area contributed by atoms with Gasteiger partial charge in [0.05, 0.1) is 0 Å². The minimum atomic E-state index is -0.805. The van der Waals surface area contributed by atoms with Gasteiger partial charge in [-0.2, -0.15) is 0 Å². The Morgan fingerprint density at radius 3 is 2.17 bits per heavy atom. The lowest BCUT2D eigenvalue weighted by Crippen LogP contribution is -2.59. The third-order valence-electron chi connectivity index (χ3n) is 6.75. The number of benzene rings is 1. The van der Waals surface area contributed by atoms with Crippen LogP contribution >= 0.6 is 0 Å². The van der Waals surface area contributed by atoms with Gasteiger partial charge in [-0.05, 0) is 82.9 Å². The first-order valence-electron chi connectivity index (χ1n) is 13.5. The van der Waals surface area contributed by atoms with E-state index in [1.807, 2.05) is 45.9 Å². The average molecular weight is 502 g/mol. The van der Waals surface area contributed by atoms with Crippen LogP contribution in [0.5, 0.6) is 0 Å². The number of nitrogens with one attached hydrogen (secondary N) is 2. The Hall–Kier alpha value is -2.57. The van der Waals surface area contributed by atoms with Gasteiger partial charge in [-0.15, -0.1) is 0 Å². The second-order valence-corrected chi connectivity index (χ2v) is 11.4. The molecule has 1 fully saturated rings. The summed E-state index contributed by atoms with van der Waals surface area (Å²) in [6.45, 7) is 15.9. The number of amides is 3. The van der Waals surface area contributed by atoms with Gasteiger partial charge in [-0.1, -0.05) is 51.8 Å². The highest BCUT2D eigenvalue weighted by molar-refractivity contribution is 5.93. The summed E-state index contributed by atoms with van der Waals surface area (Å²) in [7, 11) is 0. The quantitative estimate of drug-likeness (QED) is 0.387. The summed E-state index contributed by atoms with van der Waals surface area (Å²) in [5, 5.41) is 5.91. The third kappa shape index (κ3) is 7.97. The summed E-state index contributed by atoms with van der Waals surface area (Å²) in [6.07, 6.45) is 5.06. The second-order valence-electron chi connectivity index (χ2n) is 11.4. The number of alkyl carbamates (subject to hydrolysis) is 1. The fraction of sp³-hybridized carbons (Fsp3) is 0.690. The van der Waals surface area contributed by atoms with Gasteiger partial charge in [0.1, 0.15) is 17.7 Å². The molecule has 2 N–H and O–H groups in total. The summed E-state index contributed by atoms with van der Waals surface area (Å²) < 4.78 is 5.46. The number of hydrogen-bond donors (Lipinski definition) is 2. The third-order valence-corrected chi connectivity index (χ3v) is 6.75. The van der Waals surface area contributed by atoms with E-state index in [9.17, 15) is 14.4 Å². The van der Waals surface area contributed by atoms with E-state index in [2.05, 4.69) is 17.6 Å². The Kier molecular flexibility index (Phi) is 10.8. The van der Waals surface area contributed by atoms with Crippen molar-refractivity contribution in [2.45, 2.75) is 118 Å². The monoisotopic (exact) mass is 501 g/mol. The Bertz CT molecular complexity index is 882. The largest absolute Gasteiger partial charge is 0.444 e. The molecule has 1 aromatic carbocycles. The van der Waals surface area contributed by atoms with Gasteiger partial charge < -0.3 is 20.3 Å². The fourth-order valence-corrected chi connectivity index (χ4v) is 4.63. The van der Waals surface area contributed by atoms with E-state index in [1.165, 1.54) is 0 Å². The number of carbonyl (C=O) groups excluding carboxylic acids is 3. The molecule has 1 aliphatic rings. The first kappa shape index (κ1) is 29.7. The molecule has 2 unspecified atom stereocenters. The first-order chi connectivity index (χ1) is 16.9. The maximum absolute atomic E-state index is 14.2. The van der Waals surface area contributed by atoms with E-state index in [-0.39, 0.29) is 23.8 Å². The summed E-state index contributed by atoms with van der Waals surface area (Å²) in [5.41, 5.74) is 2.14. The Morgan fingerprint density at radius 2 is 1.69 bits per heavy atom. The summed E-state index contributed by atoms with van der Waals surface area (Å²) in [5.74, 6) is -0.584. The number of rotatable bonds is 11. The molecule has 1 aromatic rings. The number of ether oxygens (including phenoxy) is 1. The minimum absolute atomic E-state index is 0.0513. The zero-order valence-electron chi connectivity index (χ0n) is 23.6. The van der Waals surface area contributed by atoms with Gasteiger partial charge in [-0.25, -0.2) is 4.79 Å². The molecule has 1 aliphatic carbocycles. The normalized spacial score (nSPS) is 15.6. The highest BCUT2D eigenvalue weighted by Gasteiger charge is 2.43. The fourth-order valence-electron chi connectivity index (χ4n) is 4.63. The molecule has 0 spiro atoms. The van der Waals surface area contributed by atoms with Crippen LogP contribution in [0.3, 0.4) is 0 Å². The van der Waals surface area contributed by atoms with Crippen LogP contribution in [-0.4, -0.2) is 47.0 Å². The number of hydrogen-bond acceptors (Lipinski definition) is 4. The van der Waals surface area contributed by atoms with Crippen molar-refractivity contribution in [3.05, 3.63) is 34.9 Å². The molecule has 1 saturated carbocycles. The molecule has 0 bridgehead atoms. The number of nitrogens with zero attached hydrogens (tertiary/aromatic N) is 1. The standard InChI is InChI=1S/C29H47N3O4/c1-9-10-11-18-30-26(33)25(23-20(4)14-12-15-21(23)5)32(22-16-13-17-22)27(34)24(19(2)3)31-28(35)36-29(6,7)8/h12,14-15,19,22,24-25H,9-11,13,16-18H2,1-8H3,(H,30,33)(H,31,35). The Balaban J connectivity index is 2.48.